The fraction of sp³-hybridized carbons (Fsp3) is 0.538. The minimum Gasteiger partial charge on any atom is -0.481 e. The van der Waals surface area contributed by atoms with Gasteiger partial charge in [0.15, 0.2) is 5.69 Å². The third-order valence-corrected chi connectivity index (χ3v) is 3.51. The number of carbonyl (C=O) groups excluding carboxylic acids is 1. The molecular weight excluding hydrogens is 262 g/mol. The first-order chi connectivity index (χ1) is 9.54. The summed E-state index contributed by atoms with van der Waals surface area (Å²) in [4.78, 5) is 23.1. The lowest BCUT2D eigenvalue weighted by Crippen LogP contribution is -2.48. The van der Waals surface area contributed by atoms with Crippen molar-refractivity contribution >= 4 is 11.9 Å². The van der Waals surface area contributed by atoms with Gasteiger partial charge in [0, 0.05) is 6.07 Å². The summed E-state index contributed by atoms with van der Waals surface area (Å²) in [6.07, 6.45) is 3.12. The van der Waals surface area contributed by atoms with E-state index in [2.05, 4.69) is 15.5 Å². The van der Waals surface area contributed by atoms with Crippen molar-refractivity contribution in [2.75, 3.05) is 7.11 Å². The van der Waals surface area contributed by atoms with E-state index in [1.807, 2.05) is 0 Å². The zero-order chi connectivity index (χ0) is 14.6. The van der Waals surface area contributed by atoms with Crippen molar-refractivity contribution in [2.24, 2.45) is 0 Å². The van der Waals surface area contributed by atoms with Crippen LogP contribution in [0.4, 0.5) is 0 Å². The molecule has 20 heavy (non-hydrogen) atoms. The Hall–Kier alpha value is -2.18. The highest BCUT2D eigenvalue weighted by Gasteiger charge is 2.37. The van der Waals surface area contributed by atoms with Gasteiger partial charge < -0.3 is 15.2 Å². The Bertz CT molecular complexity index is 495. The summed E-state index contributed by atoms with van der Waals surface area (Å²) in [6.45, 7) is 0. The second-order valence-electron chi connectivity index (χ2n) is 4.97. The topological polar surface area (TPSA) is 101 Å². The van der Waals surface area contributed by atoms with Crippen molar-refractivity contribution in [3.63, 3.8) is 0 Å². The summed E-state index contributed by atoms with van der Waals surface area (Å²) in [5, 5.41) is 19.3. The number of carboxylic acid groups (broad SMARTS) is 1. The van der Waals surface area contributed by atoms with Crippen molar-refractivity contribution in [1.29, 1.82) is 0 Å². The van der Waals surface area contributed by atoms with Crippen LogP contribution in [0.25, 0.3) is 0 Å². The zero-order valence-corrected chi connectivity index (χ0v) is 11.3. The van der Waals surface area contributed by atoms with Gasteiger partial charge in [0.2, 0.25) is 5.88 Å². The number of rotatable bonds is 5. The molecule has 1 aromatic rings. The van der Waals surface area contributed by atoms with Gasteiger partial charge in [-0.3, -0.25) is 9.59 Å². The van der Waals surface area contributed by atoms with Crippen LogP contribution in [0, 0.1) is 0 Å². The van der Waals surface area contributed by atoms with Crippen LogP contribution < -0.4 is 10.1 Å². The van der Waals surface area contributed by atoms with Crippen LogP contribution in [0.5, 0.6) is 5.88 Å². The van der Waals surface area contributed by atoms with Crippen LogP contribution >= 0.6 is 0 Å². The minimum absolute atomic E-state index is 0.0671. The number of hydrogen-bond acceptors (Lipinski definition) is 5. The number of hydrogen-bond donors (Lipinski definition) is 2. The Labute approximate surface area is 116 Å². The number of aromatic nitrogens is 2. The second-order valence-corrected chi connectivity index (χ2v) is 4.97. The van der Waals surface area contributed by atoms with Gasteiger partial charge in [-0.1, -0.05) is 12.8 Å². The fourth-order valence-electron chi connectivity index (χ4n) is 2.54. The highest BCUT2D eigenvalue weighted by molar-refractivity contribution is 5.93. The summed E-state index contributed by atoms with van der Waals surface area (Å²) in [5.41, 5.74) is -0.507. The fourth-order valence-corrected chi connectivity index (χ4v) is 2.54. The summed E-state index contributed by atoms with van der Waals surface area (Å²) in [6, 6.07) is 3.05. The highest BCUT2D eigenvalue weighted by atomic mass is 16.5. The Morgan fingerprint density at radius 1 is 1.35 bits per heavy atom. The molecule has 1 aliphatic carbocycles. The minimum atomic E-state index is -0.909. The van der Waals surface area contributed by atoms with Gasteiger partial charge in [0.25, 0.3) is 5.91 Å². The Morgan fingerprint density at radius 3 is 2.55 bits per heavy atom. The maximum atomic E-state index is 12.1. The molecule has 1 aromatic heterocycles. The van der Waals surface area contributed by atoms with E-state index in [-0.39, 0.29) is 12.1 Å². The highest BCUT2D eigenvalue weighted by Crippen LogP contribution is 2.32. The third kappa shape index (κ3) is 3.23. The molecule has 1 saturated carbocycles. The van der Waals surface area contributed by atoms with Crippen LogP contribution in [0.15, 0.2) is 12.1 Å². The number of carboxylic acids is 1. The number of methoxy groups -OCH3 is 1. The molecule has 7 nitrogen and oxygen atoms in total. The van der Waals surface area contributed by atoms with Gasteiger partial charge in [0.1, 0.15) is 0 Å². The van der Waals surface area contributed by atoms with Gasteiger partial charge in [-0.2, -0.15) is 0 Å². The van der Waals surface area contributed by atoms with Crippen molar-refractivity contribution in [1.82, 2.24) is 15.5 Å². The summed E-state index contributed by atoms with van der Waals surface area (Å²) < 4.78 is 4.87. The van der Waals surface area contributed by atoms with Gasteiger partial charge >= 0.3 is 5.97 Å². The standard InChI is InChI=1S/C13H17N3O4/c1-20-10-5-4-9(15-16-10)12(19)14-13(8-11(17)18)6-2-3-7-13/h4-5H,2-3,6-8H2,1H3,(H,14,19)(H,17,18). The third-order valence-electron chi connectivity index (χ3n) is 3.51. The molecule has 0 aromatic carbocycles. The molecule has 0 radical (unpaired) electrons. The predicted molar refractivity (Wildman–Crippen MR) is 69.5 cm³/mol. The monoisotopic (exact) mass is 279 g/mol. The number of ether oxygens (including phenoxy) is 1. The van der Waals surface area contributed by atoms with Crippen LogP contribution in [0.2, 0.25) is 0 Å². The van der Waals surface area contributed by atoms with E-state index in [0.717, 1.165) is 12.8 Å². The van der Waals surface area contributed by atoms with Crippen molar-refractivity contribution in [2.45, 2.75) is 37.6 Å². The van der Waals surface area contributed by atoms with Crippen molar-refractivity contribution in [3.8, 4) is 5.88 Å². The molecule has 108 valence electrons. The van der Waals surface area contributed by atoms with E-state index in [4.69, 9.17) is 9.84 Å². The first-order valence-electron chi connectivity index (χ1n) is 6.47. The van der Waals surface area contributed by atoms with Crippen LogP contribution in [-0.4, -0.2) is 39.8 Å². The van der Waals surface area contributed by atoms with Crippen molar-refractivity contribution < 1.29 is 19.4 Å². The van der Waals surface area contributed by atoms with E-state index in [0.29, 0.717) is 18.7 Å². The maximum Gasteiger partial charge on any atom is 0.305 e. The lowest BCUT2D eigenvalue weighted by atomic mass is 9.93. The van der Waals surface area contributed by atoms with E-state index >= 15 is 0 Å². The number of nitrogens with one attached hydrogen (secondary N) is 1. The van der Waals surface area contributed by atoms with Crippen LogP contribution in [0.3, 0.4) is 0 Å². The molecule has 0 atom stereocenters. The summed E-state index contributed by atoms with van der Waals surface area (Å²) >= 11 is 0. The molecular formula is C13H17N3O4. The number of carbonyl (C=O) groups is 2. The molecule has 2 N–H and O–H groups in total. The summed E-state index contributed by atoms with van der Waals surface area (Å²) in [5.74, 6) is -0.987. The molecule has 0 spiro atoms. The molecule has 0 saturated heterocycles. The van der Waals surface area contributed by atoms with Gasteiger partial charge in [0.05, 0.1) is 19.1 Å². The maximum absolute atomic E-state index is 12.1. The first-order valence-corrected chi connectivity index (χ1v) is 6.47. The van der Waals surface area contributed by atoms with Crippen LogP contribution in [0.1, 0.15) is 42.6 Å². The van der Waals surface area contributed by atoms with E-state index < -0.39 is 17.4 Å². The SMILES string of the molecule is COc1ccc(C(=O)NC2(CC(=O)O)CCCC2)nn1. The molecule has 1 aliphatic rings. The Balaban J connectivity index is 2.09. The molecule has 1 heterocycles. The predicted octanol–water partition coefficient (Wildman–Crippen LogP) is 1.00. The smallest absolute Gasteiger partial charge is 0.305 e. The average molecular weight is 279 g/mol. The van der Waals surface area contributed by atoms with E-state index in [1.54, 1.807) is 6.07 Å². The lowest BCUT2D eigenvalue weighted by Gasteiger charge is -2.28. The molecule has 0 bridgehead atoms. The van der Waals surface area contributed by atoms with Gasteiger partial charge in [-0.25, -0.2) is 0 Å². The Kier molecular flexibility index (Phi) is 4.16. The molecule has 0 aliphatic heterocycles. The van der Waals surface area contributed by atoms with Gasteiger partial charge in [-0.05, 0) is 18.9 Å². The van der Waals surface area contributed by atoms with Crippen molar-refractivity contribution in [3.05, 3.63) is 17.8 Å². The molecule has 0 unspecified atom stereocenters. The largest absolute Gasteiger partial charge is 0.481 e. The quantitative estimate of drug-likeness (QED) is 0.833. The normalized spacial score (nSPS) is 16.6. The Morgan fingerprint density at radius 2 is 2.05 bits per heavy atom. The number of aliphatic carboxylic acids is 1. The second kappa shape index (κ2) is 5.85. The van der Waals surface area contributed by atoms with E-state index in [1.165, 1.54) is 13.2 Å². The first kappa shape index (κ1) is 14.2. The summed E-state index contributed by atoms with van der Waals surface area (Å²) in [7, 11) is 1.46. The van der Waals surface area contributed by atoms with Gasteiger partial charge in [-0.15, -0.1) is 10.2 Å². The molecule has 7 heteroatoms. The zero-order valence-electron chi connectivity index (χ0n) is 11.3. The van der Waals surface area contributed by atoms with Crippen LogP contribution in [-0.2, 0) is 4.79 Å². The average Bonchev–Trinajstić information content (AvgIpc) is 2.86. The molecule has 1 fully saturated rings. The molecule has 1 amide bonds. The van der Waals surface area contributed by atoms with E-state index in [9.17, 15) is 9.59 Å². The lowest BCUT2D eigenvalue weighted by molar-refractivity contribution is -0.138. The number of amides is 1. The number of nitrogens with zero attached hydrogens (tertiary/aromatic N) is 2. The molecule has 2 rings (SSSR count).